The predicted molar refractivity (Wildman–Crippen MR) is 139 cm³/mol. The second-order valence-corrected chi connectivity index (χ2v) is 10.7. The summed E-state index contributed by atoms with van der Waals surface area (Å²) in [5, 5.41) is 45.5. The van der Waals surface area contributed by atoms with Gasteiger partial charge in [0.1, 0.15) is 22.8 Å². The molecule has 2 aromatic rings. The number of aliphatic hydroxyl groups excluding tert-OH is 2. The molecule has 1 amide bonds. The number of hydrogen-bond acceptors (Lipinski definition) is 8. The minimum atomic E-state index is -2.66. The van der Waals surface area contributed by atoms with Gasteiger partial charge < -0.3 is 26.2 Å². The van der Waals surface area contributed by atoms with Crippen molar-refractivity contribution in [2.24, 2.45) is 17.6 Å². The van der Waals surface area contributed by atoms with Gasteiger partial charge in [-0.3, -0.25) is 19.3 Å². The maximum Gasteiger partial charge on any atom is 0.255 e. The molecule has 198 valence electrons. The minimum absolute atomic E-state index is 0.0490. The molecule has 5 atom stereocenters. The van der Waals surface area contributed by atoms with Crippen molar-refractivity contribution in [2.75, 3.05) is 14.1 Å². The Morgan fingerprint density at radius 2 is 1.68 bits per heavy atom. The number of aliphatic hydroxyl groups is 3. The Hall–Kier alpha value is -3.95. The number of primary amides is 1. The third kappa shape index (κ3) is 3.28. The van der Waals surface area contributed by atoms with E-state index in [9.17, 15) is 34.8 Å². The number of hydrogen-bond donors (Lipinski definition) is 5. The quantitative estimate of drug-likeness (QED) is 0.387. The highest BCUT2D eigenvalue weighted by Gasteiger charge is 2.64. The van der Waals surface area contributed by atoms with Crippen LogP contribution in [0, 0.1) is 18.8 Å². The number of phenolic OH excluding ortho intramolecular Hbond substituents is 1. The molecule has 0 unspecified atom stereocenters. The number of fused-ring (bicyclic) bond motifs is 3. The van der Waals surface area contributed by atoms with Crippen LogP contribution < -0.4 is 5.73 Å². The SMILES string of the molecule is Cc1ccc(-c2ccc3c(c2O)C(O)=C2C(=O)[C@]4(O)C(O)=C(C(N)=O)C(=O)[C@@H](N(C)C)[C@@H]4C[C@@H]2[C@H]3C)cc1. The molecule has 0 heterocycles. The molecule has 2 aromatic carbocycles. The van der Waals surface area contributed by atoms with Gasteiger partial charge in [-0.1, -0.05) is 48.9 Å². The number of likely N-dealkylation sites (N-methyl/N-ethyl adjacent to an activating group) is 1. The van der Waals surface area contributed by atoms with E-state index < -0.39 is 58.0 Å². The van der Waals surface area contributed by atoms with Gasteiger partial charge in [-0.2, -0.15) is 0 Å². The van der Waals surface area contributed by atoms with Crippen molar-refractivity contribution in [1.82, 2.24) is 4.90 Å². The van der Waals surface area contributed by atoms with Gasteiger partial charge in [-0.25, -0.2) is 0 Å². The number of carbonyl (C=O) groups is 3. The molecule has 6 N–H and O–H groups in total. The van der Waals surface area contributed by atoms with E-state index in [0.717, 1.165) is 5.56 Å². The number of rotatable bonds is 3. The molecule has 38 heavy (non-hydrogen) atoms. The van der Waals surface area contributed by atoms with Gasteiger partial charge in [0.15, 0.2) is 11.4 Å². The van der Waals surface area contributed by atoms with Crippen LogP contribution in [0.15, 0.2) is 53.3 Å². The lowest BCUT2D eigenvalue weighted by atomic mass is 9.55. The van der Waals surface area contributed by atoms with E-state index in [-0.39, 0.29) is 29.2 Å². The van der Waals surface area contributed by atoms with Crippen molar-refractivity contribution in [3.05, 3.63) is 70.0 Å². The van der Waals surface area contributed by atoms with Crippen LogP contribution >= 0.6 is 0 Å². The minimum Gasteiger partial charge on any atom is -0.508 e. The molecule has 9 heteroatoms. The second-order valence-electron chi connectivity index (χ2n) is 10.7. The molecule has 0 bridgehead atoms. The zero-order valence-electron chi connectivity index (χ0n) is 21.5. The van der Waals surface area contributed by atoms with Gasteiger partial charge in [0.2, 0.25) is 5.78 Å². The Balaban J connectivity index is 1.74. The van der Waals surface area contributed by atoms with Crippen LogP contribution in [0.25, 0.3) is 16.9 Å². The van der Waals surface area contributed by atoms with Crippen LogP contribution in [0.3, 0.4) is 0 Å². The Morgan fingerprint density at radius 3 is 2.26 bits per heavy atom. The first-order valence-electron chi connectivity index (χ1n) is 12.4. The number of carbonyl (C=O) groups excluding carboxylic acids is 3. The van der Waals surface area contributed by atoms with Crippen molar-refractivity contribution in [3.63, 3.8) is 0 Å². The number of aromatic hydroxyl groups is 1. The first kappa shape index (κ1) is 25.7. The summed E-state index contributed by atoms with van der Waals surface area (Å²) in [5.41, 5.74) is 4.61. The average molecular weight is 519 g/mol. The summed E-state index contributed by atoms with van der Waals surface area (Å²) in [7, 11) is 3.14. The molecule has 0 aliphatic heterocycles. The van der Waals surface area contributed by atoms with Crippen LogP contribution in [0.5, 0.6) is 5.75 Å². The molecule has 1 saturated carbocycles. The van der Waals surface area contributed by atoms with Crippen molar-refractivity contribution in [2.45, 2.75) is 37.8 Å². The van der Waals surface area contributed by atoms with E-state index in [0.29, 0.717) is 16.7 Å². The fourth-order valence-corrected chi connectivity index (χ4v) is 6.50. The van der Waals surface area contributed by atoms with Crippen LogP contribution in [-0.4, -0.2) is 68.5 Å². The second kappa shape index (κ2) is 8.54. The zero-order valence-corrected chi connectivity index (χ0v) is 21.5. The molecule has 9 nitrogen and oxygen atoms in total. The lowest BCUT2D eigenvalue weighted by molar-refractivity contribution is -0.154. The highest BCUT2D eigenvalue weighted by Crippen LogP contribution is 2.56. The lowest BCUT2D eigenvalue weighted by Crippen LogP contribution is -2.65. The van der Waals surface area contributed by atoms with E-state index in [1.54, 1.807) is 26.2 Å². The van der Waals surface area contributed by atoms with Crippen molar-refractivity contribution in [1.29, 1.82) is 0 Å². The number of ketones is 2. The Labute approximate surface area is 219 Å². The monoisotopic (exact) mass is 518 g/mol. The molecular weight excluding hydrogens is 488 g/mol. The Morgan fingerprint density at radius 1 is 1.05 bits per heavy atom. The zero-order chi connectivity index (χ0) is 27.8. The third-order valence-electron chi connectivity index (χ3n) is 8.46. The van der Waals surface area contributed by atoms with Crippen molar-refractivity contribution >= 4 is 23.2 Å². The van der Waals surface area contributed by atoms with Gasteiger partial charge in [-0.05, 0) is 50.4 Å². The van der Waals surface area contributed by atoms with E-state index in [4.69, 9.17) is 5.73 Å². The van der Waals surface area contributed by atoms with Crippen molar-refractivity contribution in [3.8, 4) is 16.9 Å². The highest BCUT2D eigenvalue weighted by atomic mass is 16.3. The summed E-state index contributed by atoms with van der Waals surface area (Å²) in [5.74, 6) is -6.99. The van der Waals surface area contributed by atoms with Crippen LogP contribution in [0.2, 0.25) is 0 Å². The summed E-state index contributed by atoms with van der Waals surface area (Å²) in [6.07, 6.45) is 0.0490. The maximum atomic E-state index is 14.0. The summed E-state index contributed by atoms with van der Waals surface area (Å²) in [4.78, 5) is 40.8. The molecule has 5 rings (SSSR count). The first-order valence-corrected chi connectivity index (χ1v) is 12.4. The van der Waals surface area contributed by atoms with E-state index >= 15 is 0 Å². The average Bonchev–Trinajstić information content (AvgIpc) is 2.84. The fraction of sp³-hybridized carbons (Fsp3) is 0.345. The molecule has 0 aromatic heterocycles. The first-order chi connectivity index (χ1) is 17.8. The maximum absolute atomic E-state index is 14.0. The molecular formula is C29H30N2O7. The van der Waals surface area contributed by atoms with Crippen LogP contribution in [-0.2, 0) is 14.4 Å². The van der Waals surface area contributed by atoms with Crippen LogP contribution in [0.4, 0.5) is 0 Å². The number of aryl methyl sites for hydroxylation is 1. The number of nitrogens with two attached hydrogens (primary N) is 1. The molecule has 0 spiro atoms. The number of amides is 1. The van der Waals surface area contributed by atoms with Gasteiger partial charge in [0.05, 0.1) is 11.6 Å². The number of nitrogens with zero attached hydrogens (tertiary/aromatic N) is 1. The Bertz CT molecular complexity index is 1470. The summed E-state index contributed by atoms with van der Waals surface area (Å²) < 4.78 is 0. The molecule has 0 radical (unpaired) electrons. The molecule has 3 aliphatic carbocycles. The van der Waals surface area contributed by atoms with Gasteiger partial charge in [0, 0.05) is 17.1 Å². The number of phenols is 1. The molecule has 1 fully saturated rings. The predicted octanol–water partition coefficient (Wildman–Crippen LogP) is 2.50. The molecule has 3 aliphatic rings. The van der Waals surface area contributed by atoms with Crippen LogP contribution in [0.1, 0.15) is 36.0 Å². The summed E-state index contributed by atoms with van der Waals surface area (Å²) in [6, 6.07) is 9.90. The number of benzene rings is 2. The van der Waals surface area contributed by atoms with Gasteiger partial charge in [0.25, 0.3) is 5.91 Å². The topological polar surface area (TPSA) is 161 Å². The largest absolute Gasteiger partial charge is 0.508 e. The standard InChI is InChI=1S/C29H30N2O7/c1-12-5-7-14(8-6-12)16-10-9-15-13(2)17-11-18-22(31(3)4)25(34)21(28(30)37)27(36)29(18,38)26(35)20(17)24(33)19(15)23(16)32/h5-10,13,17-18,22,32-33,36,38H,11H2,1-4H3,(H2,30,37)/t13-,17+,18-,22-,29-/m0/s1. The van der Waals surface area contributed by atoms with E-state index in [2.05, 4.69) is 0 Å². The van der Waals surface area contributed by atoms with Crippen molar-refractivity contribution < 1.29 is 34.8 Å². The number of Topliss-reactive ketones (excluding diaryl/α,β-unsaturated/α-hetero) is 2. The van der Waals surface area contributed by atoms with E-state index in [1.807, 2.05) is 38.1 Å². The normalized spacial score (nSPS) is 28.8. The lowest BCUT2D eigenvalue weighted by Gasteiger charge is -2.51. The van der Waals surface area contributed by atoms with E-state index in [1.165, 1.54) is 4.90 Å². The highest BCUT2D eigenvalue weighted by molar-refractivity contribution is 6.24. The smallest absolute Gasteiger partial charge is 0.255 e. The fourth-order valence-electron chi connectivity index (χ4n) is 6.50. The molecule has 0 saturated heterocycles. The Kier molecular flexibility index (Phi) is 5.77. The summed E-state index contributed by atoms with van der Waals surface area (Å²) >= 11 is 0. The van der Waals surface area contributed by atoms with Gasteiger partial charge >= 0.3 is 0 Å². The summed E-state index contributed by atoms with van der Waals surface area (Å²) in [6.45, 7) is 3.78. The van der Waals surface area contributed by atoms with Gasteiger partial charge in [-0.15, -0.1) is 0 Å². The third-order valence-corrected chi connectivity index (χ3v) is 8.46.